The number of carbonyl (C=O) groups excluding carboxylic acids is 4. The van der Waals surface area contributed by atoms with E-state index in [1.165, 1.54) is 0 Å². The Kier molecular flexibility index (Phi) is 11.8. The van der Waals surface area contributed by atoms with E-state index in [0.717, 1.165) is 54.2 Å². The maximum atomic E-state index is 13.9. The lowest BCUT2D eigenvalue weighted by atomic mass is 9.96. The highest BCUT2D eigenvalue weighted by molar-refractivity contribution is 6.13. The van der Waals surface area contributed by atoms with Crippen LogP contribution in [-0.2, 0) is 9.59 Å². The first kappa shape index (κ1) is 39.0. The zero-order chi connectivity index (χ0) is 41.3. The maximum Gasteiger partial charge on any atom is 0.267 e. The van der Waals surface area contributed by atoms with E-state index in [1.807, 2.05) is 109 Å². The minimum absolute atomic E-state index is 0.114. The van der Waals surface area contributed by atoms with Gasteiger partial charge in [-0.15, -0.1) is 0 Å². The molecule has 8 aromatic carbocycles. The highest BCUT2D eigenvalue weighted by atomic mass is 16.2. The Morgan fingerprint density at radius 1 is 0.383 bits per heavy atom. The quantitative estimate of drug-likeness (QED) is 0.0530. The molecule has 8 aromatic rings. The van der Waals surface area contributed by atoms with Crippen molar-refractivity contribution in [2.75, 3.05) is 13.1 Å². The number of nitrogens with one attached hydrogen (secondary N) is 4. The third-order valence-electron chi connectivity index (χ3n) is 10.4. The molecule has 0 aromatic heterocycles. The van der Waals surface area contributed by atoms with E-state index in [-0.39, 0.29) is 11.4 Å². The van der Waals surface area contributed by atoms with Gasteiger partial charge in [0.2, 0.25) is 0 Å². The molecule has 4 N–H and O–H groups in total. The minimum atomic E-state index is -0.434. The van der Waals surface area contributed by atoms with Crippen LogP contribution in [-0.4, -0.2) is 36.7 Å². The lowest BCUT2D eigenvalue weighted by Crippen LogP contribution is -2.36. The van der Waals surface area contributed by atoms with Gasteiger partial charge in [-0.25, -0.2) is 0 Å². The minimum Gasteiger partial charge on any atom is -0.351 e. The SMILES string of the molecule is O=C(NCCCCNC(=O)/C(=C/c1c2ccccc2cc2ccccc12)NC(=O)c1ccccc1)/C(=C/c1c2ccccc2cc2ccccc12)NC(=O)c1ccccc1. The van der Waals surface area contributed by atoms with Crippen LogP contribution in [0.2, 0.25) is 0 Å². The molecule has 0 atom stereocenters. The van der Waals surface area contributed by atoms with E-state index in [0.29, 0.717) is 37.1 Å². The van der Waals surface area contributed by atoms with Crippen molar-refractivity contribution in [3.05, 3.63) is 204 Å². The topological polar surface area (TPSA) is 116 Å². The molecule has 0 unspecified atom stereocenters. The van der Waals surface area contributed by atoms with Gasteiger partial charge in [0.05, 0.1) is 0 Å². The first-order valence-corrected chi connectivity index (χ1v) is 20.0. The second-order valence-corrected chi connectivity index (χ2v) is 14.4. The van der Waals surface area contributed by atoms with E-state index < -0.39 is 23.6 Å². The highest BCUT2D eigenvalue weighted by Gasteiger charge is 2.18. The summed E-state index contributed by atoms with van der Waals surface area (Å²) in [5.74, 6) is -1.67. The molecule has 60 heavy (non-hydrogen) atoms. The summed E-state index contributed by atoms with van der Waals surface area (Å²) in [6.45, 7) is 0.581. The van der Waals surface area contributed by atoms with Crippen molar-refractivity contribution < 1.29 is 19.2 Å². The molecule has 0 aliphatic heterocycles. The molecule has 8 rings (SSSR count). The van der Waals surface area contributed by atoms with Crippen molar-refractivity contribution in [2.24, 2.45) is 0 Å². The largest absolute Gasteiger partial charge is 0.351 e. The number of hydrogen-bond acceptors (Lipinski definition) is 4. The van der Waals surface area contributed by atoms with Gasteiger partial charge in [0, 0.05) is 24.2 Å². The lowest BCUT2D eigenvalue weighted by molar-refractivity contribution is -0.118. The van der Waals surface area contributed by atoms with Gasteiger partial charge in [-0.3, -0.25) is 19.2 Å². The van der Waals surface area contributed by atoms with Crippen molar-refractivity contribution in [3.8, 4) is 0 Å². The molecule has 8 heteroatoms. The molecule has 0 saturated carbocycles. The Morgan fingerprint density at radius 3 is 1.02 bits per heavy atom. The Bertz CT molecular complexity index is 2650. The molecule has 0 heterocycles. The monoisotopic (exact) mass is 786 g/mol. The first-order chi connectivity index (χ1) is 29.4. The van der Waals surface area contributed by atoms with Crippen LogP contribution in [0.4, 0.5) is 0 Å². The van der Waals surface area contributed by atoms with Crippen molar-refractivity contribution in [1.29, 1.82) is 0 Å². The van der Waals surface area contributed by atoms with Gasteiger partial charge in [-0.1, -0.05) is 133 Å². The van der Waals surface area contributed by atoms with Gasteiger partial charge in [0.1, 0.15) is 11.4 Å². The zero-order valence-corrected chi connectivity index (χ0v) is 32.8. The molecule has 0 radical (unpaired) electrons. The summed E-state index contributed by atoms with van der Waals surface area (Å²) >= 11 is 0. The number of carbonyl (C=O) groups is 4. The first-order valence-electron chi connectivity index (χ1n) is 20.0. The predicted molar refractivity (Wildman–Crippen MR) is 242 cm³/mol. The molecule has 0 aliphatic carbocycles. The number of unbranched alkanes of at least 4 members (excludes halogenated alkanes) is 1. The summed E-state index contributed by atoms with van der Waals surface area (Å²) in [4.78, 5) is 54.6. The van der Waals surface area contributed by atoms with Crippen LogP contribution in [0.15, 0.2) is 181 Å². The second-order valence-electron chi connectivity index (χ2n) is 14.4. The smallest absolute Gasteiger partial charge is 0.267 e. The number of benzene rings is 8. The van der Waals surface area contributed by atoms with E-state index in [2.05, 4.69) is 33.4 Å². The summed E-state index contributed by atoms with van der Waals surface area (Å²) in [5, 5.41) is 19.6. The van der Waals surface area contributed by atoms with E-state index >= 15 is 0 Å². The molecule has 0 bridgehead atoms. The molecule has 8 nitrogen and oxygen atoms in total. The fourth-order valence-electron chi connectivity index (χ4n) is 7.43. The van der Waals surface area contributed by atoms with Gasteiger partial charge in [-0.05, 0) is 116 Å². The average Bonchev–Trinajstić information content (AvgIpc) is 3.29. The summed E-state index contributed by atoms with van der Waals surface area (Å²) in [6, 6.07) is 53.7. The standard InChI is InChI=1S/C52H42N4O4/c57-49(35-17-3-1-4-18-35)55-47(33-45-41-25-11-7-21-37(41)31-38-22-8-12-26-42(38)45)51(59)53-29-15-16-30-54-52(60)48(56-50(58)36-19-5-2-6-20-36)34-46-43-27-13-9-23-39(43)32-40-24-10-14-28-44(40)46/h1-14,17-28,31-34H,15-16,29-30H2,(H,53,59)(H,54,60)(H,55,57)(H,56,58)/b47-33-,48-34-. The van der Waals surface area contributed by atoms with Crippen molar-refractivity contribution in [1.82, 2.24) is 21.3 Å². The molecular formula is C52H42N4O4. The second kappa shape index (κ2) is 18.2. The number of amides is 4. The third kappa shape index (κ3) is 8.83. The summed E-state index contributed by atoms with van der Waals surface area (Å²) in [5.41, 5.74) is 2.73. The van der Waals surface area contributed by atoms with Gasteiger partial charge in [0.15, 0.2) is 0 Å². The Balaban J connectivity index is 0.986. The van der Waals surface area contributed by atoms with Crippen LogP contribution in [0, 0.1) is 0 Å². The van der Waals surface area contributed by atoms with Gasteiger partial charge in [-0.2, -0.15) is 0 Å². The predicted octanol–water partition coefficient (Wildman–Crippen LogP) is 9.55. The molecule has 0 aliphatic rings. The van der Waals surface area contributed by atoms with Crippen LogP contribution in [0.25, 0.3) is 55.2 Å². The normalized spacial score (nSPS) is 11.7. The van der Waals surface area contributed by atoms with E-state index in [1.54, 1.807) is 60.7 Å². The van der Waals surface area contributed by atoms with Crippen LogP contribution >= 0.6 is 0 Å². The Hall–Kier alpha value is -7.84. The van der Waals surface area contributed by atoms with Crippen molar-refractivity contribution in [2.45, 2.75) is 12.8 Å². The van der Waals surface area contributed by atoms with Crippen LogP contribution in [0.5, 0.6) is 0 Å². The fraction of sp³-hybridized carbons (Fsp3) is 0.0769. The van der Waals surface area contributed by atoms with E-state index in [4.69, 9.17) is 0 Å². The number of rotatable bonds is 13. The maximum absolute atomic E-state index is 13.9. The molecule has 294 valence electrons. The fourth-order valence-corrected chi connectivity index (χ4v) is 7.43. The van der Waals surface area contributed by atoms with Gasteiger partial charge in [0.25, 0.3) is 23.6 Å². The number of fused-ring (bicyclic) bond motifs is 4. The van der Waals surface area contributed by atoms with Crippen molar-refractivity contribution in [3.63, 3.8) is 0 Å². The van der Waals surface area contributed by atoms with Crippen LogP contribution in [0.1, 0.15) is 44.7 Å². The Labute approximate surface area is 347 Å². The summed E-state index contributed by atoms with van der Waals surface area (Å²) in [7, 11) is 0. The molecular weight excluding hydrogens is 745 g/mol. The molecule has 0 saturated heterocycles. The van der Waals surface area contributed by atoms with Gasteiger partial charge >= 0.3 is 0 Å². The highest BCUT2D eigenvalue weighted by Crippen LogP contribution is 2.31. The van der Waals surface area contributed by atoms with Gasteiger partial charge < -0.3 is 21.3 Å². The van der Waals surface area contributed by atoms with Crippen LogP contribution in [0.3, 0.4) is 0 Å². The molecule has 0 fully saturated rings. The van der Waals surface area contributed by atoms with Crippen LogP contribution < -0.4 is 21.3 Å². The molecule has 0 spiro atoms. The van der Waals surface area contributed by atoms with Crippen molar-refractivity contribution >= 4 is 78.9 Å². The summed E-state index contributed by atoms with van der Waals surface area (Å²) in [6.07, 6.45) is 4.56. The third-order valence-corrected chi connectivity index (χ3v) is 10.4. The molecule has 4 amide bonds. The zero-order valence-electron chi connectivity index (χ0n) is 32.8. The Morgan fingerprint density at radius 2 is 0.683 bits per heavy atom. The average molecular weight is 787 g/mol. The summed E-state index contributed by atoms with van der Waals surface area (Å²) < 4.78 is 0. The number of hydrogen-bond donors (Lipinski definition) is 4. The lowest BCUT2D eigenvalue weighted by Gasteiger charge is -2.14. The van der Waals surface area contributed by atoms with E-state index in [9.17, 15) is 19.2 Å².